The van der Waals surface area contributed by atoms with Gasteiger partial charge in [0.1, 0.15) is 6.04 Å². The molecule has 0 aliphatic rings. The molecule has 0 heterocycles. The van der Waals surface area contributed by atoms with E-state index in [0.717, 1.165) is 0 Å². The third kappa shape index (κ3) is 4.29. The van der Waals surface area contributed by atoms with Crippen LogP contribution < -0.4 is 5.32 Å². The molecule has 2 atom stereocenters. The van der Waals surface area contributed by atoms with E-state index in [1.54, 1.807) is 20.8 Å². The third-order valence-electron chi connectivity index (χ3n) is 2.18. The van der Waals surface area contributed by atoms with E-state index in [9.17, 15) is 9.59 Å². The molecule has 5 nitrogen and oxygen atoms in total. The van der Waals surface area contributed by atoms with Crippen molar-refractivity contribution in [3.05, 3.63) is 0 Å². The van der Waals surface area contributed by atoms with Crippen LogP contribution in [0.2, 0.25) is 0 Å². The second-order valence-electron chi connectivity index (χ2n) is 3.61. The highest BCUT2D eigenvalue weighted by Gasteiger charge is 2.28. The minimum atomic E-state index is -0.664. The molecule has 5 heteroatoms. The van der Waals surface area contributed by atoms with E-state index < -0.39 is 12.1 Å². The van der Waals surface area contributed by atoms with Gasteiger partial charge < -0.3 is 14.8 Å². The molecule has 0 aliphatic heterocycles. The zero-order valence-electron chi connectivity index (χ0n) is 9.87. The number of nitrogens with one attached hydrogen (secondary N) is 1. The lowest BCUT2D eigenvalue weighted by molar-refractivity contribution is -0.126. The van der Waals surface area contributed by atoms with Gasteiger partial charge in [-0.15, -0.1) is 0 Å². The number of amides is 1. The largest absolute Gasteiger partial charge is 0.453 e. The van der Waals surface area contributed by atoms with Crippen LogP contribution in [0.3, 0.4) is 0 Å². The Morgan fingerprint density at radius 2 is 1.67 bits per heavy atom. The van der Waals surface area contributed by atoms with E-state index in [1.165, 1.54) is 14.2 Å². The first kappa shape index (κ1) is 13.9. The van der Waals surface area contributed by atoms with Crippen molar-refractivity contribution in [2.45, 2.75) is 32.9 Å². The van der Waals surface area contributed by atoms with Crippen LogP contribution in [0.5, 0.6) is 0 Å². The number of carbonyl (C=O) groups is 2. The fourth-order valence-corrected chi connectivity index (χ4v) is 1.10. The lowest BCUT2D eigenvalue weighted by Gasteiger charge is -2.23. The summed E-state index contributed by atoms with van der Waals surface area (Å²) in [4.78, 5) is 22.8. The molecule has 0 saturated carbocycles. The maximum absolute atomic E-state index is 11.7. The van der Waals surface area contributed by atoms with Gasteiger partial charge in [0.15, 0.2) is 5.78 Å². The molecule has 88 valence electrons. The van der Waals surface area contributed by atoms with Crippen LogP contribution in [-0.4, -0.2) is 38.2 Å². The van der Waals surface area contributed by atoms with E-state index in [4.69, 9.17) is 4.74 Å². The summed E-state index contributed by atoms with van der Waals surface area (Å²) in [5, 5.41) is 2.46. The number of carbonyl (C=O) groups excluding carboxylic acids is 2. The summed E-state index contributed by atoms with van der Waals surface area (Å²) in [7, 11) is 2.74. The molecule has 0 aromatic carbocycles. The molecule has 1 amide bonds. The molecular formula is C10H19NO4. The Bertz CT molecular complexity index is 227. The van der Waals surface area contributed by atoms with Crippen molar-refractivity contribution in [2.24, 2.45) is 5.92 Å². The maximum Gasteiger partial charge on any atom is 0.407 e. The predicted molar refractivity (Wildman–Crippen MR) is 55.6 cm³/mol. The van der Waals surface area contributed by atoms with Gasteiger partial charge in [-0.1, -0.05) is 13.8 Å². The zero-order valence-corrected chi connectivity index (χ0v) is 9.87. The number of hydrogen-bond donors (Lipinski definition) is 1. The number of ketones is 1. The van der Waals surface area contributed by atoms with Gasteiger partial charge in [-0.25, -0.2) is 4.79 Å². The zero-order chi connectivity index (χ0) is 12.0. The quantitative estimate of drug-likeness (QED) is 0.745. The van der Waals surface area contributed by atoms with Crippen molar-refractivity contribution in [1.82, 2.24) is 5.32 Å². The van der Waals surface area contributed by atoms with E-state index in [0.29, 0.717) is 0 Å². The van der Waals surface area contributed by atoms with Crippen LogP contribution in [-0.2, 0) is 14.3 Å². The van der Waals surface area contributed by atoms with Gasteiger partial charge in [-0.3, -0.25) is 4.79 Å². The normalized spacial score (nSPS) is 14.5. The van der Waals surface area contributed by atoms with Crippen LogP contribution in [0.1, 0.15) is 20.8 Å². The Balaban J connectivity index is 4.58. The Morgan fingerprint density at radius 1 is 1.13 bits per heavy atom. The smallest absolute Gasteiger partial charge is 0.407 e. The molecule has 0 unspecified atom stereocenters. The highest BCUT2D eigenvalue weighted by atomic mass is 16.5. The van der Waals surface area contributed by atoms with Gasteiger partial charge in [0, 0.05) is 13.0 Å². The van der Waals surface area contributed by atoms with Crippen molar-refractivity contribution in [1.29, 1.82) is 0 Å². The molecule has 0 bridgehead atoms. The fourth-order valence-electron chi connectivity index (χ4n) is 1.10. The van der Waals surface area contributed by atoms with Gasteiger partial charge in [-0.2, -0.15) is 0 Å². The summed E-state index contributed by atoms with van der Waals surface area (Å²) in [6.45, 7) is 5.27. The third-order valence-corrected chi connectivity index (χ3v) is 2.18. The molecule has 15 heavy (non-hydrogen) atoms. The molecule has 0 aliphatic carbocycles. The molecule has 0 rings (SSSR count). The molecule has 0 radical (unpaired) electrons. The van der Waals surface area contributed by atoms with Crippen molar-refractivity contribution in [3.8, 4) is 0 Å². The summed E-state index contributed by atoms with van der Waals surface area (Å²) in [6.07, 6.45) is -1.00. The average molecular weight is 217 g/mol. The number of hydrogen-bond acceptors (Lipinski definition) is 4. The van der Waals surface area contributed by atoms with E-state index in [2.05, 4.69) is 10.1 Å². The second kappa shape index (κ2) is 6.40. The van der Waals surface area contributed by atoms with E-state index >= 15 is 0 Å². The van der Waals surface area contributed by atoms with Crippen LogP contribution >= 0.6 is 0 Å². The maximum atomic E-state index is 11.7. The van der Waals surface area contributed by atoms with Crippen LogP contribution in [0.15, 0.2) is 0 Å². The molecule has 0 aromatic heterocycles. The van der Waals surface area contributed by atoms with Crippen LogP contribution in [0.4, 0.5) is 4.79 Å². The molecular weight excluding hydrogens is 198 g/mol. The van der Waals surface area contributed by atoms with Gasteiger partial charge in [0.2, 0.25) is 0 Å². The Labute approximate surface area is 90.1 Å². The highest BCUT2D eigenvalue weighted by molar-refractivity contribution is 5.89. The highest BCUT2D eigenvalue weighted by Crippen LogP contribution is 2.06. The number of alkyl carbamates (subject to hydrolysis) is 1. The monoisotopic (exact) mass is 217 g/mol. The first-order valence-corrected chi connectivity index (χ1v) is 4.85. The average Bonchev–Trinajstić information content (AvgIpc) is 2.23. The number of ether oxygens (including phenoxy) is 2. The van der Waals surface area contributed by atoms with Crippen molar-refractivity contribution in [3.63, 3.8) is 0 Å². The summed E-state index contributed by atoms with van der Waals surface area (Å²) < 4.78 is 9.49. The summed E-state index contributed by atoms with van der Waals surface area (Å²) in [5.41, 5.74) is 0. The standard InChI is InChI=1S/C10H19NO4/c1-6(2)9(12)8(7(3)14-4)11-10(13)15-5/h6-8H,1-5H3,(H,11,13)/t7-,8-/m1/s1. The molecule has 0 spiro atoms. The molecule has 0 aromatic rings. The van der Waals surface area contributed by atoms with Gasteiger partial charge in [0.05, 0.1) is 13.2 Å². The van der Waals surface area contributed by atoms with Crippen LogP contribution in [0.25, 0.3) is 0 Å². The van der Waals surface area contributed by atoms with Crippen molar-refractivity contribution in [2.75, 3.05) is 14.2 Å². The molecule has 0 fully saturated rings. The first-order valence-electron chi connectivity index (χ1n) is 4.85. The topological polar surface area (TPSA) is 64.6 Å². The predicted octanol–water partition coefficient (Wildman–Crippen LogP) is 0.971. The Hall–Kier alpha value is -1.10. The summed E-state index contributed by atoms with van der Waals surface area (Å²) in [6, 6.07) is -0.664. The first-order chi connectivity index (χ1) is 6.93. The molecule has 1 N–H and O–H groups in total. The Morgan fingerprint density at radius 3 is 2.00 bits per heavy atom. The van der Waals surface area contributed by atoms with Gasteiger partial charge in [0.25, 0.3) is 0 Å². The lowest BCUT2D eigenvalue weighted by atomic mass is 9.98. The second-order valence-corrected chi connectivity index (χ2v) is 3.61. The van der Waals surface area contributed by atoms with Crippen molar-refractivity contribution < 1.29 is 19.1 Å². The summed E-state index contributed by atoms with van der Waals surface area (Å²) in [5.74, 6) is -0.237. The van der Waals surface area contributed by atoms with E-state index in [1.807, 2.05) is 0 Å². The summed E-state index contributed by atoms with van der Waals surface area (Å²) >= 11 is 0. The number of Topliss-reactive ketones (excluding diaryl/α,β-unsaturated/α-hetero) is 1. The minimum Gasteiger partial charge on any atom is -0.453 e. The lowest BCUT2D eigenvalue weighted by Crippen LogP contribution is -2.49. The minimum absolute atomic E-state index is 0.0743. The molecule has 0 saturated heterocycles. The number of methoxy groups -OCH3 is 2. The number of rotatable bonds is 5. The fraction of sp³-hybridized carbons (Fsp3) is 0.800. The van der Waals surface area contributed by atoms with Crippen LogP contribution in [0, 0.1) is 5.92 Å². The Kier molecular flexibility index (Phi) is 5.93. The van der Waals surface area contributed by atoms with Gasteiger partial charge >= 0.3 is 6.09 Å². The SMILES string of the molecule is COC(=O)N[C@@H](C(=O)C(C)C)[C@@H](C)OC. The van der Waals surface area contributed by atoms with Gasteiger partial charge in [-0.05, 0) is 6.92 Å². The van der Waals surface area contributed by atoms with Crippen molar-refractivity contribution >= 4 is 11.9 Å². The van der Waals surface area contributed by atoms with E-state index in [-0.39, 0.29) is 17.8 Å².